The highest BCUT2D eigenvalue weighted by molar-refractivity contribution is 7.92. The second-order valence-electron chi connectivity index (χ2n) is 7.68. The third-order valence-electron chi connectivity index (χ3n) is 5.56. The summed E-state index contributed by atoms with van der Waals surface area (Å²) in [7, 11) is -5.53. The van der Waals surface area contributed by atoms with E-state index >= 15 is 0 Å². The lowest BCUT2D eigenvalue weighted by molar-refractivity contribution is -0.0436. The molecule has 9 nitrogen and oxygen atoms in total. The van der Waals surface area contributed by atoms with Gasteiger partial charge in [0.15, 0.2) is 0 Å². The van der Waals surface area contributed by atoms with Crippen LogP contribution in [0.5, 0.6) is 5.88 Å². The summed E-state index contributed by atoms with van der Waals surface area (Å²) in [5, 5.41) is 10.6. The fourth-order valence-electron chi connectivity index (χ4n) is 3.67. The molecule has 1 saturated heterocycles. The molecule has 182 valence electrons. The Balaban J connectivity index is 1.65. The number of hydrogen-bond donors (Lipinski definition) is 1. The standard InChI is InChI=1S/C21H21F3N4O5S/c1-14-19(29)28(16-2-4-17(5-3-16)34(31,32)21(22,23)24)20(30)27(14)13-15-6-7-25-18(12-15)26-8-10-33-11-9-26/h2-7,12,29H,8-11,13H2,1H3. The van der Waals surface area contributed by atoms with E-state index in [1.165, 1.54) is 11.5 Å². The van der Waals surface area contributed by atoms with Gasteiger partial charge in [0.25, 0.3) is 9.84 Å². The Morgan fingerprint density at radius 1 is 1.12 bits per heavy atom. The quantitative estimate of drug-likeness (QED) is 0.575. The summed E-state index contributed by atoms with van der Waals surface area (Å²) in [6.07, 6.45) is 1.62. The van der Waals surface area contributed by atoms with E-state index in [9.17, 15) is 31.5 Å². The maximum Gasteiger partial charge on any atom is 0.501 e. The van der Waals surface area contributed by atoms with Crippen LogP contribution in [0.4, 0.5) is 19.0 Å². The number of pyridine rings is 1. The number of aromatic nitrogens is 3. The van der Waals surface area contributed by atoms with Gasteiger partial charge >= 0.3 is 11.2 Å². The van der Waals surface area contributed by atoms with E-state index in [-0.39, 0.29) is 17.9 Å². The second-order valence-corrected chi connectivity index (χ2v) is 9.62. The van der Waals surface area contributed by atoms with Crippen LogP contribution in [0.2, 0.25) is 0 Å². The van der Waals surface area contributed by atoms with Crippen molar-refractivity contribution in [2.45, 2.75) is 23.9 Å². The predicted octanol–water partition coefficient (Wildman–Crippen LogP) is 2.23. The number of ether oxygens (including phenoxy) is 1. The summed E-state index contributed by atoms with van der Waals surface area (Å²) in [6.45, 7) is 4.19. The first kappa shape index (κ1) is 23.8. The molecule has 4 rings (SSSR count). The lowest BCUT2D eigenvalue weighted by atomic mass is 10.2. The smallest absolute Gasteiger partial charge is 0.493 e. The van der Waals surface area contributed by atoms with Crippen molar-refractivity contribution >= 4 is 15.7 Å². The maximum absolute atomic E-state index is 13.1. The zero-order valence-corrected chi connectivity index (χ0v) is 18.8. The Morgan fingerprint density at radius 2 is 1.76 bits per heavy atom. The number of benzene rings is 1. The number of alkyl halides is 3. The van der Waals surface area contributed by atoms with Gasteiger partial charge in [-0.1, -0.05) is 0 Å². The third-order valence-corrected chi connectivity index (χ3v) is 7.06. The first-order valence-corrected chi connectivity index (χ1v) is 11.7. The number of aromatic hydroxyl groups is 1. The minimum absolute atomic E-state index is 0.0224. The summed E-state index contributed by atoms with van der Waals surface area (Å²) in [6, 6.07) is 7.13. The van der Waals surface area contributed by atoms with E-state index in [1.807, 2.05) is 6.07 Å². The normalized spacial score (nSPS) is 15.0. The summed E-state index contributed by atoms with van der Waals surface area (Å²) >= 11 is 0. The van der Waals surface area contributed by atoms with Gasteiger partial charge in [-0.05, 0) is 48.9 Å². The van der Waals surface area contributed by atoms with Gasteiger partial charge in [-0.2, -0.15) is 13.2 Å². The van der Waals surface area contributed by atoms with Crippen molar-refractivity contribution in [3.8, 4) is 11.6 Å². The molecule has 34 heavy (non-hydrogen) atoms. The monoisotopic (exact) mass is 498 g/mol. The van der Waals surface area contributed by atoms with Gasteiger partial charge in [-0.15, -0.1) is 0 Å². The number of nitrogens with zero attached hydrogens (tertiary/aromatic N) is 4. The number of imidazole rings is 1. The highest BCUT2D eigenvalue weighted by atomic mass is 32.2. The average Bonchev–Trinajstić information content (AvgIpc) is 3.02. The van der Waals surface area contributed by atoms with Crippen LogP contribution >= 0.6 is 0 Å². The minimum Gasteiger partial charge on any atom is -0.493 e. The van der Waals surface area contributed by atoms with Crippen LogP contribution in [-0.2, 0) is 21.1 Å². The summed E-state index contributed by atoms with van der Waals surface area (Å²) in [5.74, 6) is 0.329. The lowest BCUT2D eigenvalue weighted by Gasteiger charge is -2.28. The topological polar surface area (TPSA) is 107 Å². The lowest BCUT2D eigenvalue weighted by Crippen LogP contribution is -2.36. The Hall–Kier alpha value is -3.32. The highest BCUT2D eigenvalue weighted by Gasteiger charge is 2.46. The van der Waals surface area contributed by atoms with Crippen molar-refractivity contribution in [2.24, 2.45) is 0 Å². The summed E-state index contributed by atoms with van der Waals surface area (Å²) in [5.41, 5.74) is -5.06. The molecule has 0 atom stereocenters. The van der Waals surface area contributed by atoms with E-state index in [0.29, 0.717) is 26.3 Å². The zero-order chi connectivity index (χ0) is 24.7. The molecule has 1 aromatic carbocycles. The molecule has 13 heteroatoms. The number of halogens is 3. The highest BCUT2D eigenvalue weighted by Crippen LogP contribution is 2.31. The van der Waals surface area contributed by atoms with Crippen LogP contribution in [0.25, 0.3) is 5.69 Å². The SMILES string of the molecule is Cc1c(O)n(-c2ccc(S(=O)(=O)C(F)(F)F)cc2)c(=O)n1Cc1ccnc(N2CCOCC2)c1. The number of morpholine rings is 1. The molecule has 0 amide bonds. The van der Waals surface area contributed by atoms with E-state index < -0.39 is 31.8 Å². The minimum atomic E-state index is -5.53. The van der Waals surface area contributed by atoms with E-state index in [0.717, 1.165) is 40.2 Å². The molecule has 2 aromatic heterocycles. The van der Waals surface area contributed by atoms with Gasteiger partial charge in [0.1, 0.15) is 5.82 Å². The van der Waals surface area contributed by atoms with Crippen molar-refractivity contribution in [3.63, 3.8) is 0 Å². The van der Waals surface area contributed by atoms with Crippen LogP contribution < -0.4 is 10.6 Å². The Labute approximate surface area is 192 Å². The van der Waals surface area contributed by atoms with Crippen LogP contribution in [0, 0.1) is 6.92 Å². The fraction of sp³-hybridized carbons (Fsp3) is 0.333. The zero-order valence-electron chi connectivity index (χ0n) is 18.0. The molecule has 1 aliphatic heterocycles. The van der Waals surface area contributed by atoms with E-state index in [4.69, 9.17) is 4.74 Å². The van der Waals surface area contributed by atoms with Crippen molar-refractivity contribution in [3.05, 3.63) is 64.3 Å². The molecule has 0 unspecified atom stereocenters. The van der Waals surface area contributed by atoms with E-state index in [1.54, 1.807) is 12.3 Å². The molecule has 0 saturated carbocycles. The van der Waals surface area contributed by atoms with Gasteiger partial charge in [-0.25, -0.2) is 22.8 Å². The van der Waals surface area contributed by atoms with Crippen molar-refractivity contribution in [2.75, 3.05) is 31.2 Å². The van der Waals surface area contributed by atoms with Crippen molar-refractivity contribution in [1.29, 1.82) is 0 Å². The third kappa shape index (κ3) is 4.28. The molecule has 1 aliphatic rings. The van der Waals surface area contributed by atoms with Crippen molar-refractivity contribution in [1.82, 2.24) is 14.1 Å². The average molecular weight is 498 g/mol. The van der Waals surface area contributed by atoms with Gasteiger partial charge in [0.2, 0.25) is 5.88 Å². The molecule has 3 heterocycles. The summed E-state index contributed by atoms with van der Waals surface area (Å²) < 4.78 is 69.1. The number of anilines is 1. The molecule has 0 bridgehead atoms. The molecule has 3 aromatic rings. The second kappa shape index (κ2) is 8.80. The van der Waals surface area contributed by atoms with Crippen LogP contribution in [0.1, 0.15) is 11.3 Å². The molecule has 0 spiro atoms. The predicted molar refractivity (Wildman–Crippen MR) is 116 cm³/mol. The Morgan fingerprint density at radius 3 is 2.38 bits per heavy atom. The van der Waals surface area contributed by atoms with Gasteiger partial charge in [0.05, 0.1) is 36.0 Å². The number of hydrogen-bond acceptors (Lipinski definition) is 7. The Kier molecular flexibility index (Phi) is 6.16. The number of sulfone groups is 1. The van der Waals surface area contributed by atoms with Crippen LogP contribution in [-0.4, -0.2) is 59.5 Å². The Bertz CT molecular complexity index is 1360. The largest absolute Gasteiger partial charge is 0.501 e. The first-order valence-electron chi connectivity index (χ1n) is 10.2. The van der Waals surface area contributed by atoms with Crippen LogP contribution in [0.3, 0.4) is 0 Å². The molecule has 0 radical (unpaired) electrons. The number of rotatable bonds is 5. The molecular weight excluding hydrogens is 477 g/mol. The van der Waals surface area contributed by atoms with Gasteiger partial charge in [-0.3, -0.25) is 4.57 Å². The summed E-state index contributed by atoms with van der Waals surface area (Å²) in [4.78, 5) is 18.5. The van der Waals surface area contributed by atoms with Crippen molar-refractivity contribution < 1.29 is 31.4 Å². The van der Waals surface area contributed by atoms with E-state index in [2.05, 4.69) is 9.88 Å². The maximum atomic E-state index is 13.1. The fourth-order valence-corrected chi connectivity index (χ4v) is 4.43. The molecular formula is C21H21F3N4O5S. The molecule has 1 fully saturated rings. The molecule has 0 aliphatic carbocycles. The van der Waals surface area contributed by atoms with Gasteiger partial charge in [0, 0.05) is 19.3 Å². The van der Waals surface area contributed by atoms with Crippen LogP contribution in [0.15, 0.2) is 52.3 Å². The molecule has 1 N–H and O–H groups in total. The first-order chi connectivity index (χ1) is 16.0. The van der Waals surface area contributed by atoms with Gasteiger partial charge < -0.3 is 14.7 Å².